The Balaban J connectivity index is 1.84. The van der Waals surface area contributed by atoms with E-state index in [1.807, 2.05) is 48.5 Å². The van der Waals surface area contributed by atoms with Crippen LogP contribution in [0.2, 0.25) is 0 Å². The smallest absolute Gasteiger partial charge is 0.188 e. The number of rotatable bonds is 4. The second-order valence-electron chi connectivity index (χ2n) is 6.28. The second-order valence-corrected chi connectivity index (χ2v) is 6.28. The first-order valence-corrected chi connectivity index (χ1v) is 8.64. The molecular formula is C24H17FO2. The van der Waals surface area contributed by atoms with Crippen molar-refractivity contribution in [3.05, 3.63) is 95.8 Å². The highest BCUT2D eigenvalue weighted by atomic mass is 19.1. The van der Waals surface area contributed by atoms with Gasteiger partial charge in [-0.15, -0.1) is 0 Å². The minimum atomic E-state index is -0.562. The molecule has 0 amide bonds. The Labute approximate surface area is 156 Å². The van der Waals surface area contributed by atoms with Crippen LogP contribution in [0.1, 0.15) is 15.9 Å². The van der Waals surface area contributed by atoms with Gasteiger partial charge in [-0.2, -0.15) is 0 Å². The molecule has 0 radical (unpaired) electrons. The van der Waals surface area contributed by atoms with E-state index in [2.05, 4.69) is 6.07 Å². The molecule has 0 aromatic heterocycles. The first-order chi connectivity index (χ1) is 13.2. The quantitative estimate of drug-likeness (QED) is 0.253. The van der Waals surface area contributed by atoms with Gasteiger partial charge in [0.25, 0.3) is 0 Å². The van der Waals surface area contributed by atoms with Crippen molar-refractivity contribution in [1.82, 2.24) is 0 Å². The molecule has 0 saturated carbocycles. The van der Waals surface area contributed by atoms with E-state index in [4.69, 9.17) is 4.74 Å². The van der Waals surface area contributed by atoms with Crippen LogP contribution in [0, 0.1) is 5.82 Å². The summed E-state index contributed by atoms with van der Waals surface area (Å²) in [7, 11) is 1.49. The van der Waals surface area contributed by atoms with E-state index in [1.165, 1.54) is 31.4 Å². The first-order valence-electron chi connectivity index (χ1n) is 8.64. The number of hydrogen-bond acceptors (Lipinski definition) is 2. The van der Waals surface area contributed by atoms with Crippen molar-refractivity contribution in [3.8, 4) is 5.75 Å². The number of carbonyl (C=O) groups excluding carboxylic acids is 1. The van der Waals surface area contributed by atoms with Gasteiger partial charge in [0.1, 0.15) is 11.6 Å². The molecule has 0 heterocycles. The zero-order valence-electron chi connectivity index (χ0n) is 14.8. The van der Waals surface area contributed by atoms with E-state index in [9.17, 15) is 9.18 Å². The number of methoxy groups -OCH3 is 1. The molecule has 0 saturated heterocycles. The summed E-state index contributed by atoms with van der Waals surface area (Å²) in [6, 6.07) is 22.3. The zero-order valence-corrected chi connectivity index (χ0v) is 14.8. The van der Waals surface area contributed by atoms with Gasteiger partial charge in [0, 0.05) is 0 Å². The molecule has 0 N–H and O–H groups in total. The molecular weight excluding hydrogens is 339 g/mol. The lowest BCUT2D eigenvalue weighted by Crippen LogP contribution is -1.99. The van der Waals surface area contributed by atoms with Crippen molar-refractivity contribution in [2.24, 2.45) is 0 Å². The standard InChI is InChI=1S/C24H17FO2/c1-27-18-10-12-23(25)22(15-18)24(26)13-11-21-19-8-4-2-6-16(19)14-17-7-3-5-9-20(17)21/h2-15H,1H3/b13-11+. The normalized spacial score (nSPS) is 11.3. The summed E-state index contributed by atoms with van der Waals surface area (Å²) in [5.74, 6) is -0.514. The second kappa shape index (κ2) is 7.04. The minimum absolute atomic E-state index is 0.00450. The largest absolute Gasteiger partial charge is 0.497 e. The van der Waals surface area contributed by atoms with Gasteiger partial charge in [-0.25, -0.2) is 4.39 Å². The summed E-state index contributed by atoms with van der Waals surface area (Å²) < 4.78 is 19.2. The van der Waals surface area contributed by atoms with E-state index in [0.29, 0.717) is 5.75 Å². The highest BCUT2D eigenvalue weighted by molar-refractivity contribution is 6.12. The van der Waals surface area contributed by atoms with Crippen molar-refractivity contribution >= 4 is 33.4 Å². The summed E-state index contributed by atoms with van der Waals surface area (Å²) >= 11 is 0. The van der Waals surface area contributed by atoms with Crippen LogP contribution in [-0.4, -0.2) is 12.9 Å². The minimum Gasteiger partial charge on any atom is -0.497 e. The van der Waals surface area contributed by atoms with E-state index >= 15 is 0 Å². The number of halogens is 1. The molecule has 0 unspecified atom stereocenters. The summed E-state index contributed by atoms with van der Waals surface area (Å²) in [6.07, 6.45) is 3.19. The molecule has 0 atom stereocenters. The summed E-state index contributed by atoms with van der Waals surface area (Å²) in [5, 5.41) is 4.28. The highest BCUT2D eigenvalue weighted by Gasteiger charge is 2.11. The summed E-state index contributed by atoms with van der Waals surface area (Å²) in [6.45, 7) is 0. The SMILES string of the molecule is COc1ccc(F)c(C(=O)/C=C/c2c3ccccc3cc3ccccc23)c1. The van der Waals surface area contributed by atoms with E-state index in [1.54, 1.807) is 6.08 Å². The molecule has 0 aliphatic carbocycles. The molecule has 4 aromatic carbocycles. The predicted octanol–water partition coefficient (Wildman–Crippen LogP) is 6.04. The van der Waals surface area contributed by atoms with Crippen LogP contribution in [0.4, 0.5) is 4.39 Å². The van der Waals surface area contributed by atoms with Crippen molar-refractivity contribution < 1.29 is 13.9 Å². The van der Waals surface area contributed by atoms with Gasteiger partial charge >= 0.3 is 0 Å². The van der Waals surface area contributed by atoms with Gasteiger partial charge in [-0.05, 0) is 63.5 Å². The third-order valence-electron chi connectivity index (χ3n) is 4.65. The first kappa shape index (κ1) is 17.0. The maximum atomic E-state index is 14.1. The number of fused-ring (bicyclic) bond motifs is 2. The Morgan fingerprint density at radius 2 is 1.52 bits per heavy atom. The zero-order chi connectivity index (χ0) is 18.8. The van der Waals surface area contributed by atoms with Gasteiger partial charge in [0.2, 0.25) is 0 Å². The molecule has 27 heavy (non-hydrogen) atoms. The van der Waals surface area contributed by atoms with Crippen molar-refractivity contribution in [3.63, 3.8) is 0 Å². The third-order valence-corrected chi connectivity index (χ3v) is 4.65. The molecule has 2 nitrogen and oxygen atoms in total. The number of benzene rings is 4. The molecule has 0 aliphatic heterocycles. The number of ketones is 1. The summed E-state index contributed by atoms with van der Waals surface area (Å²) in [4.78, 5) is 12.6. The van der Waals surface area contributed by atoms with Gasteiger partial charge in [0.05, 0.1) is 12.7 Å². The third kappa shape index (κ3) is 3.20. The Kier molecular flexibility index (Phi) is 4.43. The Morgan fingerprint density at radius 1 is 0.889 bits per heavy atom. The molecule has 0 aliphatic rings. The molecule has 0 fully saturated rings. The maximum absolute atomic E-state index is 14.1. The monoisotopic (exact) mass is 356 g/mol. The van der Waals surface area contributed by atoms with Gasteiger partial charge < -0.3 is 4.74 Å². The summed E-state index contributed by atoms with van der Waals surface area (Å²) in [5.41, 5.74) is 0.940. The van der Waals surface area contributed by atoms with Crippen LogP contribution in [0.5, 0.6) is 5.75 Å². The van der Waals surface area contributed by atoms with Crippen LogP contribution in [0.3, 0.4) is 0 Å². The van der Waals surface area contributed by atoms with Crippen LogP contribution in [-0.2, 0) is 0 Å². The number of ether oxygens (including phenoxy) is 1. The Morgan fingerprint density at radius 3 is 2.15 bits per heavy atom. The molecule has 0 bridgehead atoms. The topological polar surface area (TPSA) is 26.3 Å². The van der Waals surface area contributed by atoms with Crippen LogP contribution < -0.4 is 4.74 Å². The van der Waals surface area contributed by atoms with Crippen molar-refractivity contribution in [2.45, 2.75) is 0 Å². The lowest BCUT2D eigenvalue weighted by Gasteiger charge is -2.08. The molecule has 132 valence electrons. The number of allylic oxidation sites excluding steroid dienone is 1. The number of carbonyl (C=O) groups is 1. The van der Waals surface area contributed by atoms with Gasteiger partial charge in [-0.1, -0.05) is 48.5 Å². The average Bonchev–Trinajstić information content (AvgIpc) is 2.71. The van der Waals surface area contributed by atoms with Crippen molar-refractivity contribution in [2.75, 3.05) is 7.11 Å². The Hall–Kier alpha value is -3.46. The number of hydrogen-bond donors (Lipinski definition) is 0. The van der Waals surface area contributed by atoms with E-state index in [-0.39, 0.29) is 5.56 Å². The van der Waals surface area contributed by atoms with Gasteiger partial charge in [0.15, 0.2) is 5.78 Å². The molecule has 4 aromatic rings. The predicted molar refractivity (Wildman–Crippen MR) is 108 cm³/mol. The molecule has 3 heteroatoms. The van der Waals surface area contributed by atoms with E-state index in [0.717, 1.165) is 27.1 Å². The highest BCUT2D eigenvalue weighted by Crippen LogP contribution is 2.29. The fourth-order valence-electron chi connectivity index (χ4n) is 3.30. The molecule has 0 spiro atoms. The average molecular weight is 356 g/mol. The Bertz CT molecular complexity index is 1140. The fourth-order valence-corrected chi connectivity index (χ4v) is 3.30. The lowest BCUT2D eigenvalue weighted by atomic mass is 9.96. The fraction of sp³-hybridized carbons (Fsp3) is 0.0417. The molecule has 4 rings (SSSR count). The van der Waals surface area contributed by atoms with E-state index < -0.39 is 11.6 Å². The maximum Gasteiger partial charge on any atom is 0.188 e. The van der Waals surface area contributed by atoms with Crippen molar-refractivity contribution in [1.29, 1.82) is 0 Å². The van der Waals surface area contributed by atoms with Crippen LogP contribution in [0.15, 0.2) is 78.9 Å². The van der Waals surface area contributed by atoms with Gasteiger partial charge in [-0.3, -0.25) is 4.79 Å². The lowest BCUT2D eigenvalue weighted by molar-refractivity contribution is 0.104. The van der Waals surface area contributed by atoms with Crippen LogP contribution >= 0.6 is 0 Å². The van der Waals surface area contributed by atoms with Crippen LogP contribution in [0.25, 0.3) is 27.6 Å².